The van der Waals surface area contributed by atoms with Gasteiger partial charge < -0.3 is 20.5 Å². The van der Waals surface area contributed by atoms with Crippen LogP contribution in [0.15, 0.2) is 25.3 Å². The van der Waals surface area contributed by atoms with Crippen molar-refractivity contribution in [3.63, 3.8) is 0 Å². The van der Waals surface area contributed by atoms with Gasteiger partial charge in [-0.15, -0.1) is 13.2 Å². The van der Waals surface area contributed by atoms with Gasteiger partial charge in [-0.3, -0.25) is 14.4 Å². The lowest BCUT2D eigenvalue weighted by Crippen LogP contribution is -2.53. The number of carbonyl (C=O) groups is 3. The van der Waals surface area contributed by atoms with E-state index in [0.717, 1.165) is 51.4 Å². The highest BCUT2D eigenvalue weighted by atomic mass is 16.5. The van der Waals surface area contributed by atoms with Gasteiger partial charge in [-0.25, -0.2) is 0 Å². The first-order valence-electron chi connectivity index (χ1n) is 11.5. The van der Waals surface area contributed by atoms with Crippen LogP contribution in [-0.4, -0.2) is 47.2 Å². The van der Waals surface area contributed by atoms with Gasteiger partial charge in [-0.05, 0) is 38.5 Å². The first kappa shape index (κ1) is 25.1. The number of aliphatic hydroxyl groups excluding tert-OH is 1. The Morgan fingerprint density at radius 2 is 1.58 bits per heavy atom. The molecule has 1 atom stereocenters. The smallest absolute Gasteiger partial charge is 0.306 e. The highest BCUT2D eigenvalue weighted by molar-refractivity contribution is 5.86. The van der Waals surface area contributed by atoms with E-state index in [4.69, 9.17) is 4.74 Å². The van der Waals surface area contributed by atoms with Gasteiger partial charge in [-0.1, -0.05) is 37.8 Å². The van der Waals surface area contributed by atoms with Crippen molar-refractivity contribution in [1.82, 2.24) is 10.6 Å². The summed E-state index contributed by atoms with van der Waals surface area (Å²) in [6.45, 7) is 7.40. The molecule has 2 aliphatic carbocycles. The average Bonchev–Trinajstić information content (AvgIpc) is 3.41. The van der Waals surface area contributed by atoms with Crippen molar-refractivity contribution in [2.45, 2.75) is 88.1 Å². The van der Waals surface area contributed by atoms with Gasteiger partial charge in [0.05, 0.1) is 23.6 Å². The van der Waals surface area contributed by atoms with E-state index in [2.05, 4.69) is 23.8 Å². The van der Waals surface area contributed by atoms with E-state index in [1.54, 1.807) is 12.2 Å². The second kappa shape index (κ2) is 12.0. The van der Waals surface area contributed by atoms with Crippen molar-refractivity contribution < 1.29 is 24.2 Å². The van der Waals surface area contributed by atoms with Crippen LogP contribution in [0.2, 0.25) is 0 Å². The van der Waals surface area contributed by atoms with Crippen LogP contribution in [0.1, 0.15) is 77.0 Å². The fraction of sp³-hybridized carbons (Fsp3) is 0.708. The summed E-state index contributed by atoms with van der Waals surface area (Å²) in [6, 6.07) is 0. The van der Waals surface area contributed by atoms with E-state index in [1.807, 2.05) is 0 Å². The predicted octanol–water partition coefficient (Wildman–Crippen LogP) is 2.93. The number of carbonyl (C=O) groups excluding carboxylic acids is 3. The molecule has 0 aliphatic heterocycles. The van der Waals surface area contributed by atoms with Crippen molar-refractivity contribution in [2.24, 2.45) is 5.92 Å². The van der Waals surface area contributed by atoms with Gasteiger partial charge in [0.2, 0.25) is 11.8 Å². The minimum absolute atomic E-state index is 0.0365. The molecule has 0 aromatic carbocycles. The second-order valence-corrected chi connectivity index (χ2v) is 9.08. The van der Waals surface area contributed by atoms with Crippen LogP contribution in [0.3, 0.4) is 0 Å². The molecule has 0 aromatic heterocycles. The molecule has 0 heterocycles. The number of aliphatic hydroxyl groups is 1. The van der Waals surface area contributed by atoms with Gasteiger partial charge in [0.1, 0.15) is 6.61 Å². The Bertz CT molecular complexity index is 648. The third-order valence-electron chi connectivity index (χ3n) is 6.53. The minimum atomic E-state index is -0.575. The second-order valence-electron chi connectivity index (χ2n) is 9.08. The molecule has 0 saturated heterocycles. The normalized spacial score (nSPS) is 19.9. The minimum Gasteiger partial charge on any atom is -0.463 e. The van der Waals surface area contributed by atoms with Crippen LogP contribution in [0.25, 0.3) is 0 Å². The number of amides is 2. The topological polar surface area (TPSA) is 105 Å². The number of nitrogens with one attached hydrogen (secondary N) is 2. The van der Waals surface area contributed by atoms with Gasteiger partial charge in [-0.2, -0.15) is 0 Å². The lowest BCUT2D eigenvalue weighted by molar-refractivity contribution is -0.147. The highest BCUT2D eigenvalue weighted by Crippen LogP contribution is 2.32. The third kappa shape index (κ3) is 7.49. The Hall–Kier alpha value is -2.15. The van der Waals surface area contributed by atoms with Crippen LogP contribution >= 0.6 is 0 Å². The van der Waals surface area contributed by atoms with Gasteiger partial charge >= 0.3 is 5.97 Å². The highest BCUT2D eigenvalue weighted by Gasteiger charge is 2.39. The van der Waals surface area contributed by atoms with Gasteiger partial charge in [0.25, 0.3) is 0 Å². The molecule has 2 saturated carbocycles. The molecule has 2 aliphatic rings. The fourth-order valence-corrected chi connectivity index (χ4v) is 4.66. The van der Waals surface area contributed by atoms with E-state index in [1.165, 1.54) is 0 Å². The third-order valence-corrected chi connectivity index (χ3v) is 6.53. The Kier molecular flexibility index (Phi) is 9.75. The quantitative estimate of drug-likeness (QED) is 0.305. The molecule has 7 nitrogen and oxygen atoms in total. The average molecular weight is 435 g/mol. The van der Waals surface area contributed by atoms with Crippen LogP contribution in [0.5, 0.6) is 0 Å². The molecule has 3 N–H and O–H groups in total. The van der Waals surface area contributed by atoms with E-state index >= 15 is 0 Å². The zero-order chi connectivity index (χ0) is 22.7. The summed E-state index contributed by atoms with van der Waals surface area (Å²) in [5, 5.41) is 15.8. The van der Waals surface area contributed by atoms with Crippen molar-refractivity contribution in [2.75, 3.05) is 13.2 Å². The van der Waals surface area contributed by atoms with Crippen LogP contribution < -0.4 is 10.6 Å². The lowest BCUT2D eigenvalue weighted by Gasteiger charge is -2.32. The summed E-state index contributed by atoms with van der Waals surface area (Å²) < 4.78 is 5.44. The fourth-order valence-electron chi connectivity index (χ4n) is 4.66. The summed E-state index contributed by atoms with van der Waals surface area (Å²) >= 11 is 0. The molecule has 0 bridgehead atoms. The van der Waals surface area contributed by atoms with Crippen molar-refractivity contribution in [3.8, 4) is 0 Å². The predicted molar refractivity (Wildman–Crippen MR) is 119 cm³/mol. The molecular weight excluding hydrogens is 396 g/mol. The number of rotatable bonds is 13. The van der Waals surface area contributed by atoms with E-state index in [-0.39, 0.29) is 43.8 Å². The summed E-state index contributed by atoms with van der Waals surface area (Å²) in [6.07, 6.45) is 11.4. The summed E-state index contributed by atoms with van der Waals surface area (Å²) in [7, 11) is 0. The monoisotopic (exact) mass is 434 g/mol. The Morgan fingerprint density at radius 1 is 0.968 bits per heavy atom. The summed E-state index contributed by atoms with van der Waals surface area (Å²) in [4.78, 5) is 37.7. The molecule has 31 heavy (non-hydrogen) atoms. The van der Waals surface area contributed by atoms with Gasteiger partial charge in [0, 0.05) is 12.8 Å². The van der Waals surface area contributed by atoms with Crippen molar-refractivity contribution in [3.05, 3.63) is 25.3 Å². The van der Waals surface area contributed by atoms with E-state index in [9.17, 15) is 19.5 Å². The Labute approximate surface area is 185 Å². The Morgan fingerprint density at radius 3 is 2.13 bits per heavy atom. The standard InChI is InChI=1S/C24H38N2O5/c1-3-5-11-21(29)31-18-24(14-8-9-15-24)26-22(30)19(10-4-2)16-20(28)25-23(17-27)12-6-7-13-23/h3-4,19,27H,1-2,5-18H2,(H,25,28)(H,26,30)/t19-/m1/s1. The molecule has 0 unspecified atom stereocenters. The van der Waals surface area contributed by atoms with Crippen LogP contribution in [-0.2, 0) is 19.1 Å². The molecule has 7 heteroatoms. The number of hydrogen-bond donors (Lipinski definition) is 3. The molecule has 0 spiro atoms. The van der Waals surface area contributed by atoms with Crippen molar-refractivity contribution in [1.29, 1.82) is 0 Å². The number of hydrogen-bond acceptors (Lipinski definition) is 5. The summed E-state index contributed by atoms with van der Waals surface area (Å²) in [5.74, 6) is -1.30. The number of esters is 1. The molecule has 2 amide bonds. The van der Waals surface area contributed by atoms with Crippen LogP contribution in [0.4, 0.5) is 0 Å². The first-order valence-corrected chi connectivity index (χ1v) is 11.5. The molecule has 0 aromatic rings. The zero-order valence-electron chi connectivity index (χ0n) is 18.6. The first-order chi connectivity index (χ1) is 14.9. The molecular formula is C24H38N2O5. The molecule has 2 fully saturated rings. The maximum Gasteiger partial charge on any atom is 0.306 e. The van der Waals surface area contributed by atoms with Crippen LogP contribution in [0, 0.1) is 5.92 Å². The molecule has 0 radical (unpaired) electrons. The maximum absolute atomic E-state index is 13.1. The SMILES string of the molecule is C=CCCC(=O)OCC1(NC(=O)[C@H](CC=C)CC(=O)NC2(CO)CCCC2)CCCC1. The number of allylic oxidation sites excluding steroid dienone is 2. The summed E-state index contributed by atoms with van der Waals surface area (Å²) in [5.41, 5.74) is -1.13. The molecule has 2 rings (SSSR count). The van der Waals surface area contributed by atoms with E-state index in [0.29, 0.717) is 12.8 Å². The maximum atomic E-state index is 13.1. The number of ether oxygens (including phenoxy) is 1. The largest absolute Gasteiger partial charge is 0.463 e. The molecule has 174 valence electrons. The lowest BCUT2D eigenvalue weighted by atomic mass is 9.93. The van der Waals surface area contributed by atoms with E-state index < -0.39 is 17.0 Å². The van der Waals surface area contributed by atoms with Gasteiger partial charge in [0.15, 0.2) is 0 Å². The Balaban J connectivity index is 1.96. The van der Waals surface area contributed by atoms with Crippen molar-refractivity contribution >= 4 is 17.8 Å². The zero-order valence-corrected chi connectivity index (χ0v) is 18.6.